The summed E-state index contributed by atoms with van der Waals surface area (Å²) in [5.74, 6) is -0.179. The van der Waals surface area contributed by atoms with Gasteiger partial charge in [-0.25, -0.2) is 0 Å². The summed E-state index contributed by atoms with van der Waals surface area (Å²) in [6.45, 7) is 0.450. The molecule has 0 radical (unpaired) electrons. The van der Waals surface area contributed by atoms with Crippen LogP contribution in [0.15, 0.2) is 18.2 Å². The summed E-state index contributed by atoms with van der Waals surface area (Å²) in [5, 5.41) is 5.65. The standard InChI is InChI=1S/C14H20N4O2/c15-10-6-9(7-11(16)8-10)14(20)17-5-1-2-13(19)18-12-3-4-12/h6-8,12H,1-5,15-16H2,(H,17,20)(H,18,19). The van der Waals surface area contributed by atoms with Crippen LogP contribution < -0.4 is 22.1 Å². The molecule has 1 aliphatic carbocycles. The summed E-state index contributed by atoms with van der Waals surface area (Å²) in [5.41, 5.74) is 12.6. The zero-order valence-electron chi connectivity index (χ0n) is 11.3. The van der Waals surface area contributed by atoms with Gasteiger partial charge in [-0.3, -0.25) is 9.59 Å². The number of nitrogens with one attached hydrogen (secondary N) is 2. The van der Waals surface area contributed by atoms with E-state index in [0.717, 1.165) is 12.8 Å². The molecule has 0 spiro atoms. The molecule has 108 valence electrons. The summed E-state index contributed by atoms with van der Waals surface area (Å²) in [6, 6.07) is 5.13. The molecule has 20 heavy (non-hydrogen) atoms. The molecule has 6 heteroatoms. The van der Waals surface area contributed by atoms with Crippen LogP contribution in [0.2, 0.25) is 0 Å². The number of nitrogens with two attached hydrogens (primary N) is 2. The maximum absolute atomic E-state index is 11.9. The number of anilines is 2. The molecule has 2 amide bonds. The lowest BCUT2D eigenvalue weighted by molar-refractivity contribution is -0.121. The zero-order chi connectivity index (χ0) is 14.5. The third-order valence-corrected chi connectivity index (χ3v) is 3.05. The maximum atomic E-state index is 11.9. The van der Waals surface area contributed by atoms with Crippen molar-refractivity contribution in [3.63, 3.8) is 0 Å². The smallest absolute Gasteiger partial charge is 0.251 e. The third kappa shape index (κ3) is 4.46. The fourth-order valence-corrected chi connectivity index (χ4v) is 1.89. The molecule has 0 saturated heterocycles. The third-order valence-electron chi connectivity index (χ3n) is 3.05. The summed E-state index contributed by atoms with van der Waals surface area (Å²) < 4.78 is 0. The first-order valence-corrected chi connectivity index (χ1v) is 6.78. The zero-order valence-corrected chi connectivity index (χ0v) is 11.3. The van der Waals surface area contributed by atoms with Gasteiger partial charge in [0.15, 0.2) is 0 Å². The largest absolute Gasteiger partial charge is 0.399 e. The Labute approximate surface area is 117 Å². The second kappa shape index (κ2) is 6.27. The Balaban J connectivity index is 1.70. The van der Waals surface area contributed by atoms with Gasteiger partial charge >= 0.3 is 0 Å². The lowest BCUT2D eigenvalue weighted by Gasteiger charge is -2.07. The van der Waals surface area contributed by atoms with E-state index in [1.165, 1.54) is 0 Å². The molecule has 0 atom stereocenters. The van der Waals surface area contributed by atoms with Gasteiger partial charge in [0.25, 0.3) is 5.91 Å². The van der Waals surface area contributed by atoms with Gasteiger partial charge in [0.1, 0.15) is 0 Å². The Morgan fingerprint density at radius 3 is 2.40 bits per heavy atom. The minimum Gasteiger partial charge on any atom is -0.399 e. The predicted octanol–water partition coefficient (Wildman–Crippen LogP) is 0.640. The van der Waals surface area contributed by atoms with Crippen molar-refractivity contribution in [1.82, 2.24) is 10.6 Å². The van der Waals surface area contributed by atoms with Gasteiger partial charge in [0.2, 0.25) is 5.91 Å². The minimum absolute atomic E-state index is 0.0509. The number of hydrogen-bond acceptors (Lipinski definition) is 4. The molecular weight excluding hydrogens is 256 g/mol. The molecule has 1 saturated carbocycles. The predicted molar refractivity (Wildman–Crippen MR) is 78.0 cm³/mol. The first-order chi connectivity index (χ1) is 9.54. The molecule has 0 bridgehead atoms. The van der Waals surface area contributed by atoms with E-state index in [-0.39, 0.29) is 11.8 Å². The van der Waals surface area contributed by atoms with Crippen LogP contribution in [-0.2, 0) is 4.79 Å². The second-order valence-electron chi connectivity index (χ2n) is 5.09. The molecule has 2 rings (SSSR count). The van der Waals surface area contributed by atoms with Crippen molar-refractivity contribution in [1.29, 1.82) is 0 Å². The van der Waals surface area contributed by atoms with Gasteiger partial charge in [-0.15, -0.1) is 0 Å². The molecular formula is C14H20N4O2. The molecule has 6 N–H and O–H groups in total. The number of amides is 2. The fourth-order valence-electron chi connectivity index (χ4n) is 1.89. The lowest BCUT2D eigenvalue weighted by atomic mass is 10.1. The average molecular weight is 276 g/mol. The molecule has 6 nitrogen and oxygen atoms in total. The summed E-state index contributed by atoms with van der Waals surface area (Å²) in [6.07, 6.45) is 3.20. The van der Waals surface area contributed by atoms with Gasteiger partial charge in [0, 0.05) is 35.9 Å². The molecule has 0 heterocycles. The van der Waals surface area contributed by atoms with Crippen LogP contribution >= 0.6 is 0 Å². The van der Waals surface area contributed by atoms with Crippen molar-refractivity contribution >= 4 is 23.2 Å². The lowest BCUT2D eigenvalue weighted by Crippen LogP contribution is -2.28. The van der Waals surface area contributed by atoms with Gasteiger partial charge in [-0.05, 0) is 37.5 Å². The van der Waals surface area contributed by atoms with Gasteiger partial charge < -0.3 is 22.1 Å². The highest BCUT2D eigenvalue weighted by atomic mass is 16.2. The van der Waals surface area contributed by atoms with E-state index >= 15 is 0 Å². The number of nitrogen functional groups attached to an aromatic ring is 2. The first kappa shape index (κ1) is 14.2. The molecule has 1 aromatic rings. The van der Waals surface area contributed by atoms with Crippen molar-refractivity contribution in [3.05, 3.63) is 23.8 Å². The van der Waals surface area contributed by atoms with E-state index in [1.54, 1.807) is 18.2 Å². The van der Waals surface area contributed by atoms with E-state index in [1.807, 2.05) is 0 Å². The van der Waals surface area contributed by atoms with Crippen molar-refractivity contribution in [2.75, 3.05) is 18.0 Å². The molecule has 0 aromatic heterocycles. The van der Waals surface area contributed by atoms with Crippen molar-refractivity contribution in [2.45, 2.75) is 31.7 Å². The van der Waals surface area contributed by atoms with Crippen LogP contribution in [0.3, 0.4) is 0 Å². The normalized spacial score (nSPS) is 13.8. The van der Waals surface area contributed by atoms with Gasteiger partial charge in [-0.1, -0.05) is 0 Å². The van der Waals surface area contributed by atoms with Crippen molar-refractivity contribution in [3.8, 4) is 0 Å². The van der Waals surface area contributed by atoms with Crippen LogP contribution in [0.4, 0.5) is 11.4 Å². The number of carbonyl (C=O) groups is 2. The highest BCUT2D eigenvalue weighted by Gasteiger charge is 2.22. The SMILES string of the molecule is Nc1cc(N)cc(C(=O)NCCCC(=O)NC2CC2)c1. The van der Waals surface area contributed by atoms with Crippen LogP contribution in [0.5, 0.6) is 0 Å². The van der Waals surface area contributed by atoms with Gasteiger partial charge in [-0.2, -0.15) is 0 Å². The van der Waals surface area contributed by atoms with E-state index < -0.39 is 0 Å². The fraction of sp³-hybridized carbons (Fsp3) is 0.429. The van der Waals surface area contributed by atoms with Crippen LogP contribution in [0, 0.1) is 0 Å². The quantitative estimate of drug-likeness (QED) is 0.451. The molecule has 0 aliphatic heterocycles. The van der Waals surface area contributed by atoms with Crippen LogP contribution in [0.1, 0.15) is 36.0 Å². The number of hydrogen-bond donors (Lipinski definition) is 4. The Hall–Kier alpha value is -2.24. The molecule has 1 aliphatic rings. The Bertz CT molecular complexity index is 492. The average Bonchev–Trinajstić information content (AvgIpc) is 3.17. The summed E-state index contributed by atoms with van der Waals surface area (Å²) in [7, 11) is 0. The Kier molecular flexibility index (Phi) is 4.45. The Morgan fingerprint density at radius 1 is 1.15 bits per heavy atom. The van der Waals surface area contributed by atoms with E-state index in [0.29, 0.717) is 42.4 Å². The number of benzene rings is 1. The Morgan fingerprint density at radius 2 is 1.80 bits per heavy atom. The summed E-state index contributed by atoms with van der Waals surface area (Å²) in [4.78, 5) is 23.3. The first-order valence-electron chi connectivity index (χ1n) is 6.78. The minimum atomic E-state index is -0.230. The number of rotatable bonds is 6. The highest BCUT2D eigenvalue weighted by molar-refractivity contribution is 5.96. The molecule has 1 fully saturated rings. The second-order valence-corrected chi connectivity index (χ2v) is 5.09. The number of carbonyl (C=O) groups excluding carboxylic acids is 2. The monoisotopic (exact) mass is 276 g/mol. The van der Waals surface area contributed by atoms with E-state index in [2.05, 4.69) is 10.6 Å². The maximum Gasteiger partial charge on any atom is 0.251 e. The molecule has 1 aromatic carbocycles. The highest BCUT2D eigenvalue weighted by Crippen LogP contribution is 2.18. The van der Waals surface area contributed by atoms with Crippen LogP contribution in [0.25, 0.3) is 0 Å². The van der Waals surface area contributed by atoms with Crippen molar-refractivity contribution in [2.24, 2.45) is 0 Å². The van der Waals surface area contributed by atoms with E-state index in [4.69, 9.17) is 11.5 Å². The molecule has 0 unspecified atom stereocenters. The van der Waals surface area contributed by atoms with E-state index in [9.17, 15) is 9.59 Å². The van der Waals surface area contributed by atoms with Crippen LogP contribution in [-0.4, -0.2) is 24.4 Å². The van der Waals surface area contributed by atoms with Crippen molar-refractivity contribution < 1.29 is 9.59 Å². The summed E-state index contributed by atoms with van der Waals surface area (Å²) >= 11 is 0. The van der Waals surface area contributed by atoms with Gasteiger partial charge in [0.05, 0.1) is 0 Å². The topological polar surface area (TPSA) is 110 Å².